The summed E-state index contributed by atoms with van der Waals surface area (Å²) in [5.41, 5.74) is 0.776. The van der Waals surface area contributed by atoms with Crippen LogP contribution in [0.4, 0.5) is 18.9 Å². The van der Waals surface area contributed by atoms with Gasteiger partial charge in [0.1, 0.15) is 12.2 Å². The monoisotopic (exact) mass is 527 g/mol. The highest BCUT2D eigenvalue weighted by molar-refractivity contribution is 6.10. The molecule has 1 saturated heterocycles. The fraction of sp³-hybridized carbons (Fsp3) is 0.444. The smallest absolute Gasteiger partial charge is 0.381 e. The van der Waals surface area contributed by atoms with Crippen molar-refractivity contribution in [3.63, 3.8) is 0 Å². The first-order valence-corrected chi connectivity index (χ1v) is 12.5. The normalized spacial score (nSPS) is 23.3. The number of carbonyl (C=O) groups is 1. The van der Waals surface area contributed by atoms with Gasteiger partial charge in [0.05, 0.1) is 42.9 Å². The minimum absolute atomic E-state index is 0.00902. The van der Waals surface area contributed by atoms with Gasteiger partial charge >= 0.3 is 6.18 Å². The summed E-state index contributed by atoms with van der Waals surface area (Å²) in [6.07, 6.45) is -1.50. The molecule has 1 N–H and O–H groups in total. The van der Waals surface area contributed by atoms with E-state index in [1.807, 2.05) is 29.8 Å². The van der Waals surface area contributed by atoms with E-state index in [2.05, 4.69) is 15.5 Å². The van der Waals surface area contributed by atoms with E-state index in [4.69, 9.17) is 9.47 Å². The zero-order chi connectivity index (χ0) is 26.7. The quantitative estimate of drug-likeness (QED) is 0.506. The number of methoxy groups -OCH3 is 1. The molecule has 11 heteroatoms. The van der Waals surface area contributed by atoms with Crippen molar-refractivity contribution in [1.82, 2.24) is 20.1 Å². The second-order valence-electron chi connectivity index (χ2n) is 10.3. The maximum Gasteiger partial charge on any atom is 0.416 e. The zero-order valence-electron chi connectivity index (χ0n) is 21.1. The molecular weight excluding hydrogens is 499 g/mol. The third kappa shape index (κ3) is 4.09. The van der Waals surface area contributed by atoms with E-state index >= 15 is 0 Å². The molecule has 1 aliphatic carbocycles. The molecule has 6 rings (SSSR count). The van der Waals surface area contributed by atoms with Gasteiger partial charge in [-0.05, 0) is 53.8 Å². The molecule has 0 spiro atoms. The average molecular weight is 528 g/mol. The highest BCUT2D eigenvalue weighted by Gasteiger charge is 2.50. The van der Waals surface area contributed by atoms with E-state index in [9.17, 15) is 18.0 Å². The van der Waals surface area contributed by atoms with Crippen molar-refractivity contribution in [3.05, 3.63) is 76.4 Å². The number of carbonyl (C=O) groups excluding carboxylic acids is 1. The highest BCUT2D eigenvalue weighted by Crippen LogP contribution is 2.50. The van der Waals surface area contributed by atoms with Crippen LogP contribution in [-0.2, 0) is 41.2 Å². The summed E-state index contributed by atoms with van der Waals surface area (Å²) in [6, 6.07) is 10.3. The predicted octanol–water partition coefficient (Wildman–Crippen LogP) is 3.58. The second kappa shape index (κ2) is 9.18. The van der Waals surface area contributed by atoms with Crippen LogP contribution in [0, 0.1) is 0 Å². The minimum atomic E-state index is -4.58. The molecule has 1 aromatic heterocycles. The zero-order valence-corrected chi connectivity index (χ0v) is 21.1. The number of anilines is 1. The minimum Gasteiger partial charge on any atom is -0.381 e. The summed E-state index contributed by atoms with van der Waals surface area (Å²) < 4.78 is 54.8. The van der Waals surface area contributed by atoms with Crippen LogP contribution in [-0.4, -0.2) is 53.1 Å². The molecule has 8 nitrogen and oxygen atoms in total. The Labute approximate surface area is 217 Å². The number of rotatable bonds is 7. The molecule has 3 aromatic rings. The first-order chi connectivity index (χ1) is 18.2. The van der Waals surface area contributed by atoms with Gasteiger partial charge in [-0.25, -0.2) is 0 Å². The van der Waals surface area contributed by atoms with E-state index in [-0.39, 0.29) is 36.4 Å². The fourth-order valence-electron chi connectivity index (χ4n) is 5.77. The van der Waals surface area contributed by atoms with Crippen LogP contribution in [0.25, 0.3) is 0 Å². The number of nitrogens with one attached hydrogen (secondary N) is 1. The Bertz CT molecular complexity index is 1380. The van der Waals surface area contributed by atoms with Gasteiger partial charge in [-0.3, -0.25) is 4.79 Å². The largest absolute Gasteiger partial charge is 0.416 e. The number of amides is 1. The summed E-state index contributed by atoms with van der Waals surface area (Å²) in [6.45, 7) is 1.14. The first-order valence-electron chi connectivity index (χ1n) is 12.5. The maximum absolute atomic E-state index is 14.1. The van der Waals surface area contributed by atoms with Crippen LogP contribution < -0.4 is 10.2 Å². The number of halogens is 3. The Balaban J connectivity index is 1.34. The van der Waals surface area contributed by atoms with Crippen LogP contribution in [0.5, 0.6) is 0 Å². The van der Waals surface area contributed by atoms with E-state index in [1.54, 1.807) is 25.6 Å². The molecule has 2 aliphatic heterocycles. The SMILES string of the molecule is COC1CC(c2cccc(N3Cc4c(cc(CNC5COC5)cc4C(F)(F)F)C3=O)c2)(c2nncn2C)C1. The number of hydrogen-bond donors (Lipinski definition) is 1. The third-order valence-corrected chi connectivity index (χ3v) is 7.98. The molecule has 38 heavy (non-hydrogen) atoms. The van der Waals surface area contributed by atoms with Gasteiger partial charge in [-0.2, -0.15) is 13.2 Å². The topological polar surface area (TPSA) is 81.5 Å². The van der Waals surface area contributed by atoms with Gasteiger partial charge in [0.2, 0.25) is 0 Å². The van der Waals surface area contributed by atoms with Crippen molar-refractivity contribution in [1.29, 1.82) is 0 Å². The number of aryl methyl sites for hydroxylation is 1. The van der Waals surface area contributed by atoms with Crippen LogP contribution in [0.2, 0.25) is 0 Å². The van der Waals surface area contributed by atoms with Gasteiger partial charge in [0, 0.05) is 32.0 Å². The lowest BCUT2D eigenvalue weighted by Gasteiger charge is -2.46. The van der Waals surface area contributed by atoms with E-state index in [1.165, 1.54) is 4.90 Å². The summed E-state index contributed by atoms with van der Waals surface area (Å²) in [5, 5.41) is 11.6. The lowest BCUT2D eigenvalue weighted by atomic mass is 9.62. The molecule has 3 aliphatic rings. The molecule has 0 unspecified atom stereocenters. The Morgan fingerprint density at radius 3 is 2.63 bits per heavy atom. The van der Waals surface area contributed by atoms with Gasteiger partial charge in [0.15, 0.2) is 0 Å². The van der Waals surface area contributed by atoms with Crippen molar-refractivity contribution in [3.8, 4) is 0 Å². The van der Waals surface area contributed by atoms with Gasteiger partial charge in [-0.15, -0.1) is 10.2 Å². The van der Waals surface area contributed by atoms with Crippen molar-refractivity contribution in [2.45, 2.75) is 49.7 Å². The molecule has 200 valence electrons. The van der Waals surface area contributed by atoms with Crippen LogP contribution in [0.1, 0.15) is 51.3 Å². The average Bonchev–Trinajstić information content (AvgIpc) is 3.40. The summed E-state index contributed by atoms with van der Waals surface area (Å²) in [7, 11) is 3.55. The molecule has 1 amide bonds. The Morgan fingerprint density at radius 2 is 2.00 bits per heavy atom. The second-order valence-corrected chi connectivity index (χ2v) is 10.3. The van der Waals surface area contributed by atoms with Gasteiger partial charge in [0.25, 0.3) is 5.91 Å². The van der Waals surface area contributed by atoms with Crippen LogP contribution in [0.15, 0.2) is 42.7 Å². The van der Waals surface area contributed by atoms with Crippen molar-refractivity contribution in [2.75, 3.05) is 25.2 Å². The standard InChI is InChI=1S/C27H28F3N5O3/c1-34-15-32-33-25(34)26(9-20(10-26)37-2)17-4-3-5-19(8-17)35-12-22-21(24(35)36)6-16(7-23(22)27(28,29)30)11-31-18-13-38-14-18/h3-8,15,18,20,31H,9-14H2,1-2H3. The van der Waals surface area contributed by atoms with E-state index in [0.29, 0.717) is 37.3 Å². The Hall–Kier alpha value is -3.28. The molecule has 2 aromatic carbocycles. The number of benzene rings is 2. The van der Waals surface area contributed by atoms with E-state index in [0.717, 1.165) is 17.5 Å². The lowest BCUT2D eigenvalue weighted by molar-refractivity contribution is -0.138. The number of fused-ring (bicyclic) bond motifs is 1. The number of alkyl halides is 3. The lowest BCUT2D eigenvalue weighted by Crippen LogP contribution is -2.48. The molecular formula is C27H28F3N5O3. The fourth-order valence-corrected chi connectivity index (χ4v) is 5.77. The molecule has 3 heterocycles. The summed E-state index contributed by atoms with van der Waals surface area (Å²) in [4.78, 5) is 15.0. The molecule has 0 radical (unpaired) electrons. The van der Waals surface area contributed by atoms with Crippen LogP contribution in [0.3, 0.4) is 0 Å². The van der Waals surface area contributed by atoms with Crippen molar-refractivity contribution in [2.24, 2.45) is 7.05 Å². The summed E-state index contributed by atoms with van der Waals surface area (Å²) in [5.74, 6) is 0.347. The van der Waals surface area contributed by atoms with Gasteiger partial charge in [-0.1, -0.05) is 12.1 Å². The molecule has 1 saturated carbocycles. The number of nitrogens with zero attached hydrogens (tertiary/aromatic N) is 4. The van der Waals surface area contributed by atoms with Crippen LogP contribution >= 0.6 is 0 Å². The molecule has 0 bridgehead atoms. The third-order valence-electron chi connectivity index (χ3n) is 7.98. The molecule has 2 fully saturated rings. The first kappa shape index (κ1) is 25.0. The number of aromatic nitrogens is 3. The van der Waals surface area contributed by atoms with E-state index < -0.39 is 23.1 Å². The Morgan fingerprint density at radius 1 is 1.21 bits per heavy atom. The Kier molecular flexibility index (Phi) is 6.04. The maximum atomic E-state index is 14.1. The van der Waals surface area contributed by atoms with Crippen molar-refractivity contribution >= 4 is 11.6 Å². The van der Waals surface area contributed by atoms with Crippen molar-refractivity contribution < 1.29 is 27.4 Å². The van der Waals surface area contributed by atoms with Gasteiger partial charge < -0.3 is 24.3 Å². The summed E-state index contributed by atoms with van der Waals surface area (Å²) >= 11 is 0. The highest BCUT2D eigenvalue weighted by atomic mass is 19.4. The number of hydrogen-bond acceptors (Lipinski definition) is 6. The predicted molar refractivity (Wildman–Crippen MR) is 132 cm³/mol. The number of ether oxygens (including phenoxy) is 2. The molecule has 0 atom stereocenters.